The van der Waals surface area contributed by atoms with E-state index >= 15 is 0 Å². The number of rotatable bonds is 6. The number of nitrogens with zero attached hydrogens (tertiary/aromatic N) is 1. The second kappa shape index (κ2) is 9.35. The molecule has 34 heavy (non-hydrogen) atoms. The van der Waals surface area contributed by atoms with Crippen molar-refractivity contribution in [2.24, 2.45) is 0 Å². The van der Waals surface area contributed by atoms with Gasteiger partial charge in [-0.25, -0.2) is 4.90 Å². The molecule has 3 aromatic rings. The summed E-state index contributed by atoms with van der Waals surface area (Å²) in [4.78, 5) is 39.9. The Balaban J connectivity index is 1.78. The fourth-order valence-electron chi connectivity index (χ4n) is 4.08. The van der Waals surface area contributed by atoms with Crippen LogP contribution in [0.3, 0.4) is 0 Å². The number of carbonyl (C=O) groups excluding carboxylic acids is 3. The van der Waals surface area contributed by atoms with E-state index in [1.807, 2.05) is 50.2 Å². The first kappa shape index (κ1) is 23.0. The number of hydrogen-bond acceptors (Lipinski definition) is 4. The Morgan fingerprint density at radius 2 is 1.50 bits per heavy atom. The monoisotopic (exact) mass is 453 g/mol. The fourth-order valence-corrected chi connectivity index (χ4v) is 4.08. The van der Waals surface area contributed by atoms with Crippen molar-refractivity contribution in [1.29, 1.82) is 0 Å². The molecule has 0 unspecified atom stereocenters. The zero-order valence-corrected chi connectivity index (χ0v) is 19.7. The second-order valence-electron chi connectivity index (χ2n) is 8.42. The predicted octanol–water partition coefficient (Wildman–Crippen LogP) is 5.22. The number of benzene rings is 3. The van der Waals surface area contributed by atoms with Gasteiger partial charge in [-0.15, -0.1) is 0 Å². The van der Waals surface area contributed by atoms with Crippen LogP contribution in [-0.4, -0.2) is 17.7 Å². The van der Waals surface area contributed by atoms with Crippen LogP contribution in [0.4, 0.5) is 17.1 Å². The van der Waals surface area contributed by atoms with Crippen molar-refractivity contribution in [3.63, 3.8) is 0 Å². The molecule has 6 nitrogen and oxygen atoms in total. The molecule has 0 aliphatic carbocycles. The Bertz CT molecular complexity index is 1310. The van der Waals surface area contributed by atoms with E-state index in [1.165, 1.54) is 17.4 Å². The van der Waals surface area contributed by atoms with E-state index in [4.69, 9.17) is 0 Å². The largest absolute Gasteiger partial charge is 0.350 e. The van der Waals surface area contributed by atoms with Gasteiger partial charge < -0.3 is 10.6 Å². The van der Waals surface area contributed by atoms with Gasteiger partial charge in [-0.1, -0.05) is 48.9 Å². The summed E-state index contributed by atoms with van der Waals surface area (Å²) in [5, 5.41) is 5.92. The Hall–Kier alpha value is -4.19. The maximum absolute atomic E-state index is 13.7. The van der Waals surface area contributed by atoms with Crippen LogP contribution < -0.4 is 15.5 Å². The van der Waals surface area contributed by atoms with Crippen LogP contribution in [-0.2, 0) is 20.8 Å². The van der Waals surface area contributed by atoms with Gasteiger partial charge in [-0.3, -0.25) is 14.4 Å². The molecule has 2 N–H and O–H groups in total. The van der Waals surface area contributed by atoms with Crippen LogP contribution in [0.2, 0.25) is 0 Å². The Labute approximate surface area is 199 Å². The van der Waals surface area contributed by atoms with E-state index < -0.39 is 11.8 Å². The number of anilines is 3. The molecule has 0 fully saturated rings. The maximum Gasteiger partial charge on any atom is 0.282 e. The lowest BCUT2D eigenvalue weighted by molar-refractivity contribution is -0.120. The molecule has 0 aromatic heterocycles. The van der Waals surface area contributed by atoms with Gasteiger partial charge in [0.05, 0.1) is 11.3 Å². The lowest BCUT2D eigenvalue weighted by Crippen LogP contribution is -2.33. The lowest BCUT2D eigenvalue weighted by Gasteiger charge is -2.18. The van der Waals surface area contributed by atoms with Crippen molar-refractivity contribution in [1.82, 2.24) is 0 Å². The van der Waals surface area contributed by atoms with Gasteiger partial charge >= 0.3 is 0 Å². The van der Waals surface area contributed by atoms with Gasteiger partial charge in [-0.2, -0.15) is 0 Å². The lowest BCUT2D eigenvalue weighted by atomic mass is 10.0. The molecule has 6 heteroatoms. The number of nitrogens with one attached hydrogen (secondary N) is 2. The molecule has 0 saturated heterocycles. The molecule has 0 spiro atoms. The Kier molecular flexibility index (Phi) is 6.32. The van der Waals surface area contributed by atoms with E-state index in [0.29, 0.717) is 22.5 Å². The third kappa shape index (κ3) is 4.48. The average Bonchev–Trinajstić information content (AvgIpc) is 3.04. The Morgan fingerprint density at radius 1 is 0.853 bits per heavy atom. The topological polar surface area (TPSA) is 78.5 Å². The van der Waals surface area contributed by atoms with E-state index in [0.717, 1.165) is 23.2 Å². The SMILES string of the molecule is CCc1ccc(NC2=C(c3ccc(NC(C)=O)cc3)C(=O)N(c3ccc(C)cc3C)C2=O)cc1. The van der Waals surface area contributed by atoms with Crippen molar-refractivity contribution in [3.05, 3.63) is 94.7 Å². The Morgan fingerprint density at radius 3 is 2.09 bits per heavy atom. The normalized spacial score (nSPS) is 13.5. The summed E-state index contributed by atoms with van der Waals surface area (Å²) in [6.45, 7) is 7.37. The van der Waals surface area contributed by atoms with Crippen LogP contribution in [0, 0.1) is 13.8 Å². The molecule has 0 bridgehead atoms. The number of hydrogen-bond donors (Lipinski definition) is 2. The predicted molar refractivity (Wildman–Crippen MR) is 136 cm³/mol. The molecule has 3 aromatic carbocycles. The number of aryl methyl sites for hydroxylation is 3. The van der Waals surface area contributed by atoms with Gasteiger partial charge in [0.15, 0.2) is 0 Å². The average molecular weight is 454 g/mol. The van der Waals surface area contributed by atoms with Crippen molar-refractivity contribution in [3.8, 4) is 0 Å². The minimum Gasteiger partial charge on any atom is -0.350 e. The third-order valence-corrected chi connectivity index (χ3v) is 5.80. The highest BCUT2D eigenvalue weighted by molar-refractivity contribution is 6.46. The maximum atomic E-state index is 13.7. The third-order valence-electron chi connectivity index (χ3n) is 5.80. The number of carbonyl (C=O) groups is 3. The van der Waals surface area contributed by atoms with Crippen molar-refractivity contribution in [2.45, 2.75) is 34.1 Å². The fraction of sp³-hybridized carbons (Fsp3) is 0.179. The van der Waals surface area contributed by atoms with Crippen molar-refractivity contribution in [2.75, 3.05) is 15.5 Å². The van der Waals surface area contributed by atoms with Crippen LogP contribution in [0.5, 0.6) is 0 Å². The van der Waals surface area contributed by atoms with Crippen molar-refractivity contribution < 1.29 is 14.4 Å². The van der Waals surface area contributed by atoms with E-state index in [1.54, 1.807) is 30.3 Å². The number of imide groups is 1. The molecule has 1 aliphatic rings. The highest BCUT2D eigenvalue weighted by Crippen LogP contribution is 2.35. The van der Waals surface area contributed by atoms with E-state index in [2.05, 4.69) is 17.6 Å². The first-order valence-electron chi connectivity index (χ1n) is 11.2. The molecule has 0 saturated carbocycles. The van der Waals surface area contributed by atoms with Crippen LogP contribution in [0.15, 0.2) is 72.4 Å². The zero-order valence-electron chi connectivity index (χ0n) is 19.7. The van der Waals surface area contributed by atoms with Crippen LogP contribution in [0.1, 0.15) is 36.1 Å². The molecule has 1 heterocycles. The molecule has 0 radical (unpaired) electrons. The first-order valence-corrected chi connectivity index (χ1v) is 11.2. The second-order valence-corrected chi connectivity index (χ2v) is 8.42. The summed E-state index contributed by atoms with van der Waals surface area (Å²) in [7, 11) is 0. The quantitative estimate of drug-likeness (QED) is 0.502. The summed E-state index contributed by atoms with van der Waals surface area (Å²) in [6, 6.07) is 20.3. The van der Waals surface area contributed by atoms with Crippen LogP contribution in [0.25, 0.3) is 5.57 Å². The van der Waals surface area contributed by atoms with Crippen molar-refractivity contribution >= 4 is 40.4 Å². The minimum atomic E-state index is -0.405. The highest BCUT2D eigenvalue weighted by atomic mass is 16.2. The molecule has 1 aliphatic heterocycles. The summed E-state index contributed by atoms with van der Waals surface area (Å²) in [5.74, 6) is -0.979. The molecule has 172 valence electrons. The van der Waals surface area contributed by atoms with E-state index in [9.17, 15) is 14.4 Å². The number of amides is 3. The molecular weight excluding hydrogens is 426 g/mol. The zero-order chi connectivity index (χ0) is 24.4. The molecular formula is C28H27N3O3. The first-order chi connectivity index (χ1) is 16.3. The summed E-state index contributed by atoms with van der Waals surface area (Å²) >= 11 is 0. The molecule has 3 amide bonds. The molecule has 0 atom stereocenters. The van der Waals surface area contributed by atoms with Crippen LogP contribution >= 0.6 is 0 Å². The van der Waals surface area contributed by atoms with Gasteiger partial charge in [0.2, 0.25) is 5.91 Å². The van der Waals surface area contributed by atoms with E-state index in [-0.39, 0.29) is 11.6 Å². The molecule has 4 rings (SSSR count). The summed E-state index contributed by atoms with van der Waals surface area (Å²) in [6.07, 6.45) is 0.909. The van der Waals surface area contributed by atoms with Gasteiger partial charge in [0, 0.05) is 18.3 Å². The standard InChI is InChI=1S/C28H27N3O3/c1-5-20-7-11-23(12-8-20)30-26-25(21-9-13-22(14-10-21)29-19(4)32)27(33)31(28(26)34)24-15-6-17(2)16-18(24)3/h6-16,30H,5H2,1-4H3,(H,29,32). The summed E-state index contributed by atoms with van der Waals surface area (Å²) < 4.78 is 0. The van der Waals surface area contributed by atoms with Gasteiger partial charge in [0.25, 0.3) is 11.8 Å². The highest BCUT2D eigenvalue weighted by Gasteiger charge is 2.40. The minimum absolute atomic E-state index is 0.182. The van der Waals surface area contributed by atoms with Gasteiger partial charge in [0.1, 0.15) is 5.70 Å². The summed E-state index contributed by atoms with van der Waals surface area (Å²) in [5.41, 5.74) is 6.08. The smallest absolute Gasteiger partial charge is 0.282 e. The van der Waals surface area contributed by atoms with Gasteiger partial charge in [-0.05, 0) is 67.3 Å².